The highest BCUT2D eigenvalue weighted by Crippen LogP contribution is 2.20. The third-order valence-corrected chi connectivity index (χ3v) is 3.31. The summed E-state index contributed by atoms with van der Waals surface area (Å²) in [6.45, 7) is 6.75. The maximum Gasteiger partial charge on any atom is 0.305 e. The number of nitrogens with zero attached hydrogens (tertiary/aromatic N) is 1. The van der Waals surface area contributed by atoms with E-state index in [-0.39, 0.29) is 6.04 Å². The van der Waals surface area contributed by atoms with Crippen molar-refractivity contribution in [2.24, 2.45) is 5.92 Å². The van der Waals surface area contributed by atoms with Crippen LogP contribution in [-0.2, 0) is 6.54 Å². The Labute approximate surface area is 119 Å². The molecule has 5 heteroatoms. The second kappa shape index (κ2) is 7.94. The molecule has 0 fully saturated rings. The summed E-state index contributed by atoms with van der Waals surface area (Å²) in [7, 11) is 0. The van der Waals surface area contributed by atoms with Gasteiger partial charge < -0.3 is 5.32 Å². The molecule has 0 spiro atoms. The van der Waals surface area contributed by atoms with Crippen molar-refractivity contribution in [1.82, 2.24) is 5.32 Å². The summed E-state index contributed by atoms with van der Waals surface area (Å²) < 4.78 is 13.8. The molecule has 4 nitrogen and oxygen atoms in total. The van der Waals surface area contributed by atoms with Crippen molar-refractivity contribution < 1.29 is 9.31 Å². The molecular weight excluding hydrogens is 259 g/mol. The molecule has 0 aliphatic heterocycles. The monoisotopic (exact) mass is 282 g/mol. The lowest BCUT2D eigenvalue weighted by Crippen LogP contribution is -2.26. The molecule has 0 radical (unpaired) electrons. The fourth-order valence-corrected chi connectivity index (χ4v) is 2.06. The average molecular weight is 282 g/mol. The molecule has 1 aromatic carbocycles. The first-order chi connectivity index (χ1) is 9.41. The fraction of sp³-hybridized carbons (Fsp3) is 0.600. The standard InChI is InChI=1S/C15H23FN2O2/c1-11(2)6-4-7-12(3)17-10-13-8-5-9-14(15(13)16)18(19)20/h5,8-9,11-12,17H,4,6-7,10H2,1-3H3. The molecule has 1 aromatic rings. The van der Waals surface area contributed by atoms with Gasteiger partial charge >= 0.3 is 5.69 Å². The van der Waals surface area contributed by atoms with Crippen molar-refractivity contribution in [2.75, 3.05) is 0 Å². The van der Waals surface area contributed by atoms with Crippen LogP contribution in [0.5, 0.6) is 0 Å². The van der Waals surface area contributed by atoms with Gasteiger partial charge in [0.25, 0.3) is 0 Å². The van der Waals surface area contributed by atoms with Crippen LogP contribution in [0.4, 0.5) is 10.1 Å². The lowest BCUT2D eigenvalue weighted by molar-refractivity contribution is -0.387. The van der Waals surface area contributed by atoms with E-state index in [1.807, 2.05) is 0 Å². The average Bonchev–Trinajstić information content (AvgIpc) is 2.36. The number of halogens is 1. The maximum absolute atomic E-state index is 13.8. The van der Waals surface area contributed by atoms with Crippen LogP contribution < -0.4 is 5.32 Å². The largest absolute Gasteiger partial charge is 0.310 e. The SMILES string of the molecule is CC(C)CCCC(C)NCc1cccc([N+](=O)[O-])c1F. The third kappa shape index (κ3) is 5.25. The molecule has 0 aliphatic rings. The Balaban J connectivity index is 2.49. The van der Waals surface area contributed by atoms with Crippen molar-refractivity contribution in [3.63, 3.8) is 0 Å². The Bertz CT molecular complexity index is 449. The highest BCUT2D eigenvalue weighted by molar-refractivity contribution is 5.36. The summed E-state index contributed by atoms with van der Waals surface area (Å²) >= 11 is 0. The number of hydrogen-bond donors (Lipinski definition) is 1. The molecule has 0 aromatic heterocycles. The van der Waals surface area contributed by atoms with Gasteiger partial charge in [0.2, 0.25) is 5.82 Å². The van der Waals surface area contributed by atoms with Gasteiger partial charge in [-0.05, 0) is 19.3 Å². The summed E-state index contributed by atoms with van der Waals surface area (Å²) in [6.07, 6.45) is 3.33. The first-order valence-corrected chi connectivity index (χ1v) is 7.07. The van der Waals surface area contributed by atoms with Gasteiger partial charge in [0.1, 0.15) is 0 Å². The van der Waals surface area contributed by atoms with Gasteiger partial charge in [-0.15, -0.1) is 0 Å². The van der Waals surface area contributed by atoms with Crippen LogP contribution in [0.15, 0.2) is 18.2 Å². The Morgan fingerprint density at radius 3 is 2.60 bits per heavy atom. The highest BCUT2D eigenvalue weighted by Gasteiger charge is 2.17. The summed E-state index contributed by atoms with van der Waals surface area (Å²) in [6, 6.07) is 4.55. The van der Waals surface area contributed by atoms with Crippen molar-refractivity contribution in [3.8, 4) is 0 Å². The molecule has 20 heavy (non-hydrogen) atoms. The van der Waals surface area contributed by atoms with Gasteiger partial charge in [-0.25, -0.2) is 0 Å². The van der Waals surface area contributed by atoms with Crippen LogP contribution in [-0.4, -0.2) is 11.0 Å². The molecule has 112 valence electrons. The first kappa shape index (κ1) is 16.6. The summed E-state index contributed by atoms with van der Waals surface area (Å²) in [4.78, 5) is 9.97. The smallest absolute Gasteiger partial charge is 0.305 e. The number of benzene rings is 1. The molecule has 1 N–H and O–H groups in total. The van der Waals surface area contributed by atoms with Crippen molar-refractivity contribution in [3.05, 3.63) is 39.7 Å². The van der Waals surface area contributed by atoms with E-state index < -0.39 is 16.4 Å². The maximum atomic E-state index is 13.8. The van der Waals surface area contributed by atoms with E-state index in [1.165, 1.54) is 18.6 Å². The predicted octanol–water partition coefficient (Wildman–Crippen LogP) is 4.04. The molecule has 0 bridgehead atoms. The van der Waals surface area contributed by atoms with E-state index in [1.54, 1.807) is 6.07 Å². The number of rotatable bonds is 8. The molecule has 1 atom stereocenters. The molecule has 0 saturated heterocycles. The molecule has 1 unspecified atom stereocenters. The predicted molar refractivity (Wildman–Crippen MR) is 78.0 cm³/mol. The molecule has 1 rings (SSSR count). The zero-order chi connectivity index (χ0) is 15.1. The van der Waals surface area contributed by atoms with E-state index in [0.29, 0.717) is 18.0 Å². The van der Waals surface area contributed by atoms with E-state index in [2.05, 4.69) is 26.1 Å². The van der Waals surface area contributed by atoms with E-state index >= 15 is 0 Å². The van der Waals surface area contributed by atoms with E-state index in [9.17, 15) is 14.5 Å². The van der Waals surface area contributed by atoms with Crippen LogP contribution in [0.2, 0.25) is 0 Å². The van der Waals surface area contributed by atoms with Crippen LogP contribution >= 0.6 is 0 Å². The summed E-state index contributed by atoms with van der Waals surface area (Å²) in [5.41, 5.74) is -0.119. The summed E-state index contributed by atoms with van der Waals surface area (Å²) in [5.74, 6) is -0.0456. The lowest BCUT2D eigenvalue weighted by atomic mass is 10.0. The Hall–Kier alpha value is -1.49. The van der Waals surface area contributed by atoms with Crippen LogP contribution in [0.25, 0.3) is 0 Å². The number of nitrogens with one attached hydrogen (secondary N) is 1. The third-order valence-electron chi connectivity index (χ3n) is 3.31. The Morgan fingerprint density at radius 1 is 1.30 bits per heavy atom. The van der Waals surface area contributed by atoms with Crippen molar-refractivity contribution in [1.29, 1.82) is 0 Å². The van der Waals surface area contributed by atoms with Gasteiger partial charge in [-0.3, -0.25) is 10.1 Å². The van der Waals surface area contributed by atoms with Crippen LogP contribution in [0, 0.1) is 21.8 Å². The molecule has 0 saturated carbocycles. The van der Waals surface area contributed by atoms with Crippen LogP contribution in [0.1, 0.15) is 45.6 Å². The van der Waals surface area contributed by atoms with Crippen molar-refractivity contribution in [2.45, 2.75) is 52.6 Å². The van der Waals surface area contributed by atoms with Gasteiger partial charge in [0.15, 0.2) is 0 Å². The van der Waals surface area contributed by atoms with Crippen LogP contribution in [0.3, 0.4) is 0 Å². The number of nitro benzene ring substituents is 1. The zero-order valence-corrected chi connectivity index (χ0v) is 12.4. The van der Waals surface area contributed by atoms with Gasteiger partial charge in [0.05, 0.1) is 4.92 Å². The summed E-state index contributed by atoms with van der Waals surface area (Å²) in [5, 5.41) is 13.9. The van der Waals surface area contributed by atoms with E-state index in [0.717, 1.165) is 12.8 Å². The minimum atomic E-state index is -0.737. The highest BCUT2D eigenvalue weighted by atomic mass is 19.1. The van der Waals surface area contributed by atoms with Gasteiger partial charge in [-0.1, -0.05) is 38.8 Å². The number of nitro groups is 1. The van der Waals surface area contributed by atoms with Gasteiger partial charge in [-0.2, -0.15) is 4.39 Å². The Kier molecular flexibility index (Phi) is 6.58. The molecule has 0 aliphatic carbocycles. The zero-order valence-electron chi connectivity index (χ0n) is 12.4. The lowest BCUT2D eigenvalue weighted by Gasteiger charge is -2.14. The quantitative estimate of drug-likeness (QED) is 0.578. The van der Waals surface area contributed by atoms with Gasteiger partial charge in [0, 0.05) is 24.2 Å². The molecular formula is C15H23FN2O2. The second-order valence-electron chi connectivity index (χ2n) is 5.61. The topological polar surface area (TPSA) is 55.2 Å². The minimum Gasteiger partial charge on any atom is -0.310 e. The van der Waals surface area contributed by atoms with Crippen molar-refractivity contribution >= 4 is 5.69 Å². The van der Waals surface area contributed by atoms with E-state index in [4.69, 9.17) is 0 Å². The molecule has 0 heterocycles. The molecule has 0 amide bonds. The fourth-order valence-electron chi connectivity index (χ4n) is 2.06. The minimum absolute atomic E-state index is 0.271. The normalized spacial score (nSPS) is 12.7. The second-order valence-corrected chi connectivity index (χ2v) is 5.61. The first-order valence-electron chi connectivity index (χ1n) is 7.07. The number of hydrogen-bond acceptors (Lipinski definition) is 3. The Morgan fingerprint density at radius 2 is 2.00 bits per heavy atom.